The third-order valence-electron chi connectivity index (χ3n) is 3.84. The second kappa shape index (κ2) is 9.27. The zero-order chi connectivity index (χ0) is 15.8. The second-order valence-electron chi connectivity index (χ2n) is 5.85. The molecule has 0 aromatic rings. The summed E-state index contributed by atoms with van der Waals surface area (Å²) in [5.41, 5.74) is 0. The van der Waals surface area contributed by atoms with E-state index in [0.29, 0.717) is 16.9 Å². The van der Waals surface area contributed by atoms with Crippen molar-refractivity contribution >= 4 is 11.8 Å². The van der Waals surface area contributed by atoms with Crippen LogP contribution in [0.1, 0.15) is 20.3 Å². The first-order valence-electron chi connectivity index (χ1n) is 7.34. The third kappa shape index (κ3) is 7.15. The molecule has 1 rings (SSSR count). The number of hydrogen-bond donors (Lipinski definition) is 1. The van der Waals surface area contributed by atoms with Gasteiger partial charge in [0.25, 0.3) is 6.20 Å². The van der Waals surface area contributed by atoms with Gasteiger partial charge in [-0.15, -0.1) is 11.8 Å². The predicted molar refractivity (Wildman–Crippen MR) is 86.8 cm³/mol. The summed E-state index contributed by atoms with van der Waals surface area (Å²) < 4.78 is 5.49. The molecule has 0 radical (unpaired) electrons. The van der Waals surface area contributed by atoms with Crippen molar-refractivity contribution < 1.29 is 9.66 Å². The highest BCUT2D eigenvalue weighted by molar-refractivity contribution is 8.02. The van der Waals surface area contributed by atoms with Crippen LogP contribution in [0.15, 0.2) is 11.2 Å². The van der Waals surface area contributed by atoms with E-state index in [1.54, 1.807) is 0 Å². The van der Waals surface area contributed by atoms with Gasteiger partial charge >= 0.3 is 0 Å². The highest BCUT2D eigenvalue weighted by atomic mass is 32.2. The summed E-state index contributed by atoms with van der Waals surface area (Å²) in [6.07, 6.45) is 3.82. The topological polar surface area (TPSA) is 67.6 Å². The van der Waals surface area contributed by atoms with E-state index >= 15 is 0 Å². The molecule has 3 atom stereocenters. The Hall–Kier alpha value is -0.790. The lowest BCUT2D eigenvalue weighted by atomic mass is 9.97. The number of nitro groups is 1. The van der Waals surface area contributed by atoms with Gasteiger partial charge in [0.15, 0.2) is 0 Å². The van der Waals surface area contributed by atoms with Crippen LogP contribution >= 0.6 is 11.8 Å². The Labute approximate surface area is 131 Å². The minimum absolute atomic E-state index is 0.211. The number of nitrogens with zero attached hydrogens (tertiary/aromatic N) is 2. The number of hydrogen-bond acceptors (Lipinski definition) is 6. The first-order valence-corrected chi connectivity index (χ1v) is 8.57. The Kier molecular flexibility index (Phi) is 8.06. The van der Waals surface area contributed by atoms with Crippen molar-refractivity contribution in [3.63, 3.8) is 0 Å². The average Bonchev–Trinajstić information content (AvgIpc) is 2.80. The molecule has 1 aliphatic heterocycles. The number of thioether (sulfide) groups is 1. The second-order valence-corrected chi connectivity index (χ2v) is 6.70. The molecular formula is C14H27N3O3S. The van der Waals surface area contributed by atoms with Crippen LogP contribution in [0.3, 0.4) is 0 Å². The molecule has 1 heterocycles. The predicted octanol–water partition coefficient (Wildman–Crippen LogP) is 2.01. The summed E-state index contributed by atoms with van der Waals surface area (Å²) in [5.74, 6) is 1.25. The Morgan fingerprint density at radius 2 is 2.33 bits per heavy atom. The normalized spacial score (nSPS) is 24.3. The highest BCUT2D eigenvalue weighted by Crippen LogP contribution is 2.20. The summed E-state index contributed by atoms with van der Waals surface area (Å²) >= 11 is 1.37. The standard InChI is InChI=1S/C14H27N3O3S/c1-11-9-20-10-13(11)7-16(3)6-5-12(2)15-14(21-4)8-17(18)19/h8,11-13,15H,5-7,9-10H2,1-4H3. The molecule has 0 spiro atoms. The van der Waals surface area contributed by atoms with Crippen LogP contribution < -0.4 is 5.32 Å². The van der Waals surface area contributed by atoms with Gasteiger partial charge in [-0.2, -0.15) is 0 Å². The van der Waals surface area contributed by atoms with Crippen LogP contribution in [0.5, 0.6) is 0 Å². The molecule has 0 aliphatic carbocycles. The molecule has 21 heavy (non-hydrogen) atoms. The number of rotatable bonds is 9. The molecule has 0 saturated carbocycles. The molecule has 0 aromatic carbocycles. The maximum atomic E-state index is 10.5. The summed E-state index contributed by atoms with van der Waals surface area (Å²) in [6.45, 7) is 8.05. The molecule has 6 nitrogen and oxygen atoms in total. The van der Waals surface area contributed by atoms with E-state index in [-0.39, 0.29) is 6.04 Å². The van der Waals surface area contributed by atoms with Gasteiger partial charge in [0, 0.05) is 19.2 Å². The lowest BCUT2D eigenvalue weighted by Gasteiger charge is -2.24. The Bertz CT molecular complexity index is 365. The largest absolute Gasteiger partial charge is 0.381 e. The van der Waals surface area contributed by atoms with Gasteiger partial charge in [-0.3, -0.25) is 10.1 Å². The molecule has 3 unspecified atom stereocenters. The number of ether oxygens (including phenoxy) is 1. The quantitative estimate of drug-likeness (QED) is 0.518. The molecule has 0 amide bonds. The van der Waals surface area contributed by atoms with Crippen LogP contribution in [-0.4, -0.2) is 55.5 Å². The minimum Gasteiger partial charge on any atom is -0.381 e. The van der Waals surface area contributed by atoms with Crippen LogP contribution in [0.2, 0.25) is 0 Å². The fourth-order valence-corrected chi connectivity index (χ4v) is 2.91. The van der Waals surface area contributed by atoms with Gasteiger partial charge in [0.1, 0.15) is 5.03 Å². The molecule has 1 fully saturated rings. The molecule has 0 aromatic heterocycles. The Morgan fingerprint density at radius 3 is 2.86 bits per heavy atom. The zero-order valence-electron chi connectivity index (χ0n) is 13.4. The van der Waals surface area contributed by atoms with Gasteiger partial charge < -0.3 is 15.0 Å². The summed E-state index contributed by atoms with van der Waals surface area (Å²) in [4.78, 5) is 12.4. The molecule has 1 saturated heterocycles. The van der Waals surface area contributed by atoms with E-state index in [2.05, 4.69) is 31.1 Å². The van der Waals surface area contributed by atoms with Gasteiger partial charge in [0.2, 0.25) is 0 Å². The first-order chi connectivity index (χ1) is 9.92. The lowest BCUT2D eigenvalue weighted by Crippen LogP contribution is -2.33. The molecular weight excluding hydrogens is 290 g/mol. The van der Waals surface area contributed by atoms with E-state index in [1.807, 2.05) is 6.26 Å². The van der Waals surface area contributed by atoms with Crippen LogP contribution in [0.25, 0.3) is 0 Å². The lowest BCUT2D eigenvalue weighted by molar-refractivity contribution is -0.403. The van der Waals surface area contributed by atoms with Gasteiger partial charge in [-0.25, -0.2) is 0 Å². The first kappa shape index (κ1) is 18.3. The van der Waals surface area contributed by atoms with Gasteiger partial charge in [-0.1, -0.05) is 6.92 Å². The van der Waals surface area contributed by atoms with E-state index < -0.39 is 4.92 Å². The van der Waals surface area contributed by atoms with Crippen LogP contribution in [0.4, 0.5) is 0 Å². The van der Waals surface area contributed by atoms with E-state index in [1.165, 1.54) is 11.8 Å². The third-order valence-corrected chi connectivity index (χ3v) is 4.50. The van der Waals surface area contributed by atoms with Crippen molar-refractivity contribution in [1.29, 1.82) is 0 Å². The van der Waals surface area contributed by atoms with Crippen LogP contribution in [0, 0.1) is 22.0 Å². The van der Waals surface area contributed by atoms with Crippen molar-refractivity contribution in [3.05, 3.63) is 21.3 Å². The van der Waals surface area contributed by atoms with Crippen molar-refractivity contribution in [2.45, 2.75) is 26.3 Å². The molecule has 1 N–H and O–H groups in total. The summed E-state index contributed by atoms with van der Waals surface area (Å²) in [5, 5.41) is 14.3. The van der Waals surface area contributed by atoms with Gasteiger partial charge in [0.05, 0.1) is 11.5 Å². The molecule has 7 heteroatoms. The maximum absolute atomic E-state index is 10.5. The molecule has 122 valence electrons. The minimum atomic E-state index is -0.417. The van der Waals surface area contributed by atoms with Crippen molar-refractivity contribution in [2.75, 3.05) is 39.6 Å². The number of nitrogens with one attached hydrogen (secondary N) is 1. The highest BCUT2D eigenvalue weighted by Gasteiger charge is 2.25. The Morgan fingerprint density at radius 1 is 1.62 bits per heavy atom. The zero-order valence-corrected chi connectivity index (χ0v) is 14.2. The van der Waals surface area contributed by atoms with E-state index in [4.69, 9.17) is 4.74 Å². The fraction of sp³-hybridized carbons (Fsp3) is 0.857. The van der Waals surface area contributed by atoms with E-state index in [0.717, 1.165) is 38.9 Å². The van der Waals surface area contributed by atoms with Crippen LogP contribution in [-0.2, 0) is 4.74 Å². The van der Waals surface area contributed by atoms with Crippen molar-refractivity contribution in [1.82, 2.24) is 10.2 Å². The molecule has 1 aliphatic rings. The van der Waals surface area contributed by atoms with Gasteiger partial charge in [-0.05, 0) is 45.0 Å². The molecule has 0 bridgehead atoms. The monoisotopic (exact) mass is 317 g/mol. The van der Waals surface area contributed by atoms with E-state index in [9.17, 15) is 10.1 Å². The van der Waals surface area contributed by atoms with Crippen molar-refractivity contribution in [3.8, 4) is 0 Å². The average molecular weight is 317 g/mol. The SMILES string of the molecule is CSC(=C[N+](=O)[O-])NC(C)CCN(C)CC1COCC1C. The maximum Gasteiger partial charge on any atom is 0.263 e. The summed E-state index contributed by atoms with van der Waals surface area (Å²) in [6, 6.07) is 0.211. The Balaban J connectivity index is 2.28. The van der Waals surface area contributed by atoms with Crippen molar-refractivity contribution in [2.24, 2.45) is 11.8 Å². The fourth-order valence-electron chi connectivity index (χ4n) is 2.40. The summed E-state index contributed by atoms with van der Waals surface area (Å²) in [7, 11) is 2.13. The smallest absolute Gasteiger partial charge is 0.263 e.